The van der Waals surface area contributed by atoms with Crippen molar-refractivity contribution in [1.82, 2.24) is 9.71 Å². The van der Waals surface area contributed by atoms with Crippen LogP contribution < -0.4 is 15.8 Å². The molecule has 0 aliphatic rings. The highest BCUT2D eigenvalue weighted by molar-refractivity contribution is 7.88. The van der Waals surface area contributed by atoms with E-state index in [1.807, 2.05) is 13.0 Å². The topological polar surface area (TPSA) is 97.1 Å². The third-order valence-electron chi connectivity index (χ3n) is 2.57. The van der Waals surface area contributed by atoms with Crippen molar-refractivity contribution in [2.45, 2.75) is 26.3 Å². The molecule has 1 rings (SSSR count). The molecule has 1 aromatic rings. The number of aryl methyl sites for hydroxylation is 1. The van der Waals surface area contributed by atoms with Crippen LogP contribution in [0.2, 0.25) is 0 Å². The third-order valence-corrected chi connectivity index (χ3v) is 3.69. The van der Waals surface area contributed by atoms with Crippen molar-refractivity contribution in [3.63, 3.8) is 0 Å². The first kappa shape index (κ1) is 16.8. The average molecular weight is 316 g/mol. The number of rotatable bonds is 6. The molecule has 0 saturated heterocycles. The summed E-state index contributed by atoms with van der Waals surface area (Å²) in [5, 5.41) is 3.09. The standard InChI is InChI=1S/C12H20N4O2S2/c1-8-5-6-14-11(9(8)10(13)19)15-7-12(2,3)16-20(4,17)18/h5-6,16H,7H2,1-4H3,(H2,13,19)(H,14,15). The fourth-order valence-electron chi connectivity index (χ4n) is 1.85. The Kier molecular flexibility index (Phi) is 5.06. The van der Waals surface area contributed by atoms with Crippen LogP contribution in [0, 0.1) is 6.92 Å². The molecule has 0 atom stereocenters. The molecule has 0 aromatic carbocycles. The predicted molar refractivity (Wildman–Crippen MR) is 85.4 cm³/mol. The van der Waals surface area contributed by atoms with E-state index in [-0.39, 0.29) is 4.99 Å². The Hall–Kier alpha value is -1.25. The highest BCUT2D eigenvalue weighted by atomic mass is 32.2. The predicted octanol–water partition coefficient (Wildman–Crippen LogP) is 0.764. The van der Waals surface area contributed by atoms with Gasteiger partial charge in [-0.1, -0.05) is 12.2 Å². The largest absolute Gasteiger partial charge is 0.389 e. The molecule has 20 heavy (non-hydrogen) atoms. The second-order valence-electron chi connectivity index (χ2n) is 5.33. The number of thiocarbonyl (C=S) groups is 1. The van der Waals surface area contributed by atoms with Crippen LogP contribution in [0.1, 0.15) is 25.0 Å². The zero-order valence-corrected chi connectivity index (χ0v) is 13.7. The van der Waals surface area contributed by atoms with E-state index < -0.39 is 15.6 Å². The van der Waals surface area contributed by atoms with Crippen LogP contribution in [0.5, 0.6) is 0 Å². The Morgan fingerprint density at radius 2 is 2.10 bits per heavy atom. The molecule has 0 bridgehead atoms. The molecule has 1 heterocycles. The Morgan fingerprint density at radius 3 is 2.60 bits per heavy atom. The Morgan fingerprint density at radius 1 is 1.50 bits per heavy atom. The summed E-state index contributed by atoms with van der Waals surface area (Å²) in [7, 11) is -3.28. The normalized spacial score (nSPS) is 12.2. The summed E-state index contributed by atoms with van der Waals surface area (Å²) >= 11 is 5.02. The van der Waals surface area contributed by atoms with Crippen LogP contribution in [0.25, 0.3) is 0 Å². The highest BCUT2D eigenvalue weighted by Crippen LogP contribution is 2.17. The first-order chi connectivity index (χ1) is 9.02. The van der Waals surface area contributed by atoms with Gasteiger partial charge in [0.2, 0.25) is 10.0 Å². The van der Waals surface area contributed by atoms with Gasteiger partial charge in [-0.2, -0.15) is 0 Å². The Bertz CT molecular complexity index is 612. The number of nitrogens with two attached hydrogens (primary N) is 1. The summed E-state index contributed by atoms with van der Waals surface area (Å²) in [6.07, 6.45) is 2.77. The van der Waals surface area contributed by atoms with Crippen LogP contribution in [0.4, 0.5) is 5.82 Å². The van der Waals surface area contributed by atoms with Crippen LogP contribution in [0.15, 0.2) is 12.3 Å². The number of nitrogens with one attached hydrogen (secondary N) is 2. The first-order valence-electron chi connectivity index (χ1n) is 6.00. The van der Waals surface area contributed by atoms with Crippen molar-refractivity contribution in [3.8, 4) is 0 Å². The monoisotopic (exact) mass is 316 g/mol. The fourth-order valence-corrected chi connectivity index (χ4v) is 3.18. The maximum Gasteiger partial charge on any atom is 0.209 e. The molecule has 112 valence electrons. The smallest absolute Gasteiger partial charge is 0.209 e. The lowest BCUT2D eigenvalue weighted by molar-refractivity contribution is 0.476. The van der Waals surface area contributed by atoms with Crippen LogP contribution in [0.3, 0.4) is 0 Å². The summed E-state index contributed by atoms with van der Waals surface area (Å²) < 4.78 is 25.1. The van der Waals surface area contributed by atoms with E-state index in [0.29, 0.717) is 17.9 Å². The number of pyridine rings is 1. The minimum atomic E-state index is -3.28. The number of anilines is 1. The number of hydrogen-bond donors (Lipinski definition) is 3. The van der Waals surface area contributed by atoms with Crippen molar-refractivity contribution >= 4 is 33.0 Å². The second-order valence-corrected chi connectivity index (χ2v) is 7.52. The maximum absolute atomic E-state index is 11.3. The van der Waals surface area contributed by atoms with Gasteiger partial charge < -0.3 is 11.1 Å². The fraction of sp³-hybridized carbons (Fsp3) is 0.500. The van der Waals surface area contributed by atoms with E-state index in [1.165, 1.54) is 0 Å². The molecule has 0 unspecified atom stereocenters. The quantitative estimate of drug-likeness (QED) is 0.671. The van der Waals surface area contributed by atoms with Gasteiger partial charge in [-0.25, -0.2) is 18.1 Å². The van der Waals surface area contributed by atoms with E-state index in [9.17, 15) is 8.42 Å². The van der Waals surface area contributed by atoms with E-state index in [1.54, 1.807) is 20.0 Å². The lowest BCUT2D eigenvalue weighted by Crippen LogP contribution is -2.48. The third kappa shape index (κ3) is 5.03. The molecule has 0 fully saturated rings. The minimum Gasteiger partial charge on any atom is -0.389 e. The van der Waals surface area contributed by atoms with Crippen LogP contribution in [-0.4, -0.2) is 36.7 Å². The molecular formula is C12H20N4O2S2. The average Bonchev–Trinajstić information content (AvgIpc) is 2.22. The van der Waals surface area contributed by atoms with Gasteiger partial charge in [-0.15, -0.1) is 0 Å². The molecule has 0 spiro atoms. The molecule has 6 nitrogen and oxygen atoms in total. The molecule has 0 aliphatic carbocycles. The highest BCUT2D eigenvalue weighted by Gasteiger charge is 2.22. The van der Waals surface area contributed by atoms with Gasteiger partial charge in [0.25, 0.3) is 0 Å². The van der Waals surface area contributed by atoms with Crippen molar-refractivity contribution in [2.75, 3.05) is 18.1 Å². The van der Waals surface area contributed by atoms with Crippen molar-refractivity contribution < 1.29 is 8.42 Å². The number of sulfonamides is 1. The summed E-state index contributed by atoms with van der Waals surface area (Å²) in [6.45, 7) is 5.79. The zero-order chi connectivity index (χ0) is 15.6. The molecule has 0 saturated carbocycles. The van der Waals surface area contributed by atoms with Crippen molar-refractivity contribution in [2.24, 2.45) is 5.73 Å². The Labute approximate surface area is 125 Å². The summed E-state index contributed by atoms with van der Waals surface area (Å²) in [5.74, 6) is 0.556. The number of aromatic nitrogens is 1. The molecule has 0 amide bonds. The number of nitrogens with zero attached hydrogens (tertiary/aromatic N) is 1. The van der Waals surface area contributed by atoms with Gasteiger partial charge in [0.1, 0.15) is 10.8 Å². The van der Waals surface area contributed by atoms with Gasteiger partial charge in [-0.05, 0) is 32.4 Å². The summed E-state index contributed by atoms with van der Waals surface area (Å²) in [6, 6.07) is 1.82. The van der Waals surface area contributed by atoms with Gasteiger partial charge in [0.15, 0.2) is 0 Å². The van der Waals surface area contributed by atoms with Crippen LogP contribution in [-0.2, 0) is 10.0 Å². The van der Waals surface area contributed by atoms with Gasteiger partial charge in [0.05, 0.1) is 11.8 Å². The molecule has 0 radical (unpaired) electrons. The van der Waals surface area contributed by atoms with E-state index in [0.717, 1.165) is 11.8 Å². The molecule has 0 aliphatic heterocycles. The van der Waals surface area contributed by atoms with E-state index in [4.69, 9.17) is 18.0 Å². The first-order valence-corrected chi connectivity index (χ1v) is 8.30. The van der Waals surface area contributed by atoms with E-state index in [2.05, 4.69) is 15.0 Å². The minimum absolute atomic E-state index is 0.256. The Balaban J connectivity index is 2.91. The zero-order valence-electron chi connectivity index (χ0n) is 12.0. The van der Waals surface area contributed by atoms with Crippen LogP contribution >= 0.6 is 12.2 Å². The van der Waals surface area contributed by atoms with Crippen molar-refractivity contribution in [3.05, 3.63) is 23.4 Å². The second kappa shape index (κ2) is 6.02. The van der Waals surface area contributed by atoms with Gasteiger partial charge in [-0.3, -0.25) is 0 Å². The van der Waals surface area contributed by atoms with E-state index >= 15 is 0 Å². The molecule has 1 aromatic heterocycles. The lowest BCUT2D eigenvalue weighted by atomic mass is 10.1. The SMILES string of the molecule is Cc1ccnc(NCC(C)(C)NS(C)(=O)=O)c1C(N)=S. The summed E-state index contributed by atoms with van der Waals surface area (Å²) in [5.41, 5.74) is 6.63. The molecule has 4 N–H and O–H groups in total. The maximum atomic E-state index is 11.3. The van der Waals surface area contributed by atoms with Gasteiger partial charge >= 0.3 is 0 Å². The number of hydrogen-bond acceptors (Lipinski definition) is 5. The summed E-state index contributed by atoms with van der Waals surface area (Å²) in [4.78, 5) is 4.46. The lowest BCUT2D eigenvalue weighted by Gasteiger charge is -2.26. The molecule has 8 heteroatoms. The molecular weight excluding hydrogens is 296 g/mol. The van der Waals surface area contributed by atoms with Crippen molar-refractivity contribution in [1.29, 1.82) is 0 Å². The van der Waals surface area contributed by atoms with Gasteiger partial charge in [0, 0.05) is 18.3 Å².